The lowest BCUT2D eigenvalue weighted by Gasteiger charge is -2.12. The van der Waals surface area contributed by atoms with Crippen LogP contribution < -0.4 is 10.1 Å². The number of ether oxygens (including phenoxy) is 1. The van der Waals surface area contributed by atoms with Crippen LogP contribution in [0.15, 0.2) is 27.6 Å². The van der Waals surface area contributed by atoms with E-state index in [1.165, 1.54) is 18.4 Å². The van der Waals surface area contributed by atoms with E-state index in [2.05, 4.69) is 16.4 Å². The Kier molecular flexibility index (Phi) is 5.25. The van der Waals surface area contributed by atoms with Gasteiger partial charge < -0.3 is 14.5 Å². The molecule has 0 atom stereocenters. The average Bonchev–Trinajstić information content (AvgIpc) is 3.28. The average molecular weight is 385 g/mol. The molecule has 0 fully saturated rings. The second kappa shape index (κ2) is 7.80. The van der Waals surface area contributed by atoms with Crippen LogP contribution in [0.3, 0.4) is 0 Å². The molecule has 4 rings (SSSR count). The molecular formula is C21H24N2O3S. The minimum Gasteiger partial charge on any atom is -0.493 e. The number of thioether (sulfide) groups is 1. The van der Waals surface area contributed by atoms with Gasteiger partial charge in [-0.1, -0.05) is 11.8 Å². The van der Waals surface area contributed by atoms with Gasteiger partial charge in [-0.25, -0.2) is 0 Å². The van der Waals surface area contributed by atoms with Crippen molar-refractivity contribution in [3.63, 3.8) is 0 Å². The van der Waals surface area contributed by atoms with Crippen LogP contribution in [-0.4, -0.2) is 30.0 Å². The fourth-order valence-corrected chi connectivity index (χ4v) is 4.43. The Morgan fingerprint density at radius 2 is 2.22 bits per heavy atom. The van der Waals surface area contributed by atoms with E-state index in [0.29, 0.717) is 11.8 Å². The lowest BCUT2D eigenvalue weighted by atomic mass is 9.94. The van der Waals surface area contributed by atoms with Crippen LogP contribution >= 0.6 is 11.8 Å². The Balaban J connectivity index is 1.70. The summed E-state index contributed by atoms with van der Waals surface area (Å²) in [5, 5.41) is 4.70. The number of carbonyl (C=O) groups is 1. The van der Waals surface area contributed by atoms with Crippen LogP contribution in [0.4, 0.5) is 0 Å². The Bertz CT molecular complexity index is 943. The first kappa shape index (κ1) is 18.2. The molecule has 0 radical (unpaired) electrons. The Morgan fingerprint density at radius 3 is 3.00 bits per heavy atom. The van der Waals surface area contributed by atoms with Gasteiger partial charge in [0, 0.05) is 40.8 Å². The summed E-state index contributed by atoms with van der Waals surface area (Å²) in [5.41, 5.74) is 4.00. The summed E-state index contributed by atoms with van der Waals surface area (Å²) in [7, 11) is 0. The molecule has 1 amide bonds. The summed E-state index contributed by atoms with van der Waals surface area (Å²) >= 11 is 1.58. The van der Waals surface area contributed by atoms with Crippen molar-refractivity contribution in [2.45, 2.75) is 39.5 Å². The Hall–Kier alpha value is -2.21. The van der Waals surface area contributed by atoms with Crippen molar-refractivity contribution in [2.24, 2.45) is 4.99 Å². The molecule has 2 aliphatic rings. The standard InChI is InChI=1S/C21H24N2O3S/c1-3-25-18-12-19-16(14-6-4-5-7-17(14)26-19)11-15(18)13(2)10-20(24)23-21-22-8-9-27-21/h10-12H,3-9H2,1-2H3,(H,22,23,24)/b13-10+. The fraction of sp³-hybridized carbons (Fsp3) is 0.429. The van der Waals surface area contributed by atoms with E-state index in [1.54, 1.807) is 17.8 Å². The molecule has 1 aromatic heterocycles. The second-order valence-electron chi connectivity index (χ2n) is 6.84. The van der Waals surface area contributed by atoms with E-state index in [4.69, 9.17) is 9.15 Å². The molecule has 6 heteroatoms. The van der Waals surface area contributed by atoms with Crippen molar-refractivity contribution in [2.75, 3.05) is 18.9 Å². The number of hydrogen-bond acceptors (Lipinski definition) is 5. The summed E-state index contributed by atoms with van der Waals surface area (Å²) in [6.07, 6.45) is 6.05. The maximum absolute atomic E-state index is 12.4. The summed E-state index contributed by atoms with van der Waals surface area (Å²) in [6, 6.07) is 4.09. The van der Waals surface area contributed by atoms with Crippen LogP contribution in [0.2, 0.25) is 0 Å². The number of carbonyl (C=O) groups excluding carboxylic acids is 1. The van der Waals surface area contributed by atoms with Gasteiger partial charge in [0.1, 0.15) is 17.1 Å². The van der Waals surface area contributed by atoms with Gasteiger partial charge in [0.25, 0.3) is 0 Å². The van der Waals surface area contributed by atoms with Gasteiger partial charge in [0.05, 0.1) is 13.2 Å². The quantitative estimate of drug-likeness (QED) is 0.797. The highest BCUT2D eigenvalue weighted by Gasteiger charge is 2.20. The Labute approximate surface area is 163 Å². The number of hydrogen-bond donors (Lipinski definition) is 1. The zero-order valence-electron chi connectivity index (χ0n) is 15.8. The number of rotatable bonds is 4. The number of fused-ring (bicyclic) bond motifs is 3. The number of nitrogens with zero attached hydrogens (tertiary/aromatic N) is 1. The number of aryl methyl sites for hydroxylation is 2. The van der Waals surface area contributed by atoms with Gasteiger partial charge in [-0.2, -0.15) is 0 Å². The predicted molar refractivity (Wildman–Crippen MR) is 111 cm³/mol. The van der Waals surface area contributed by atoms with Gasteiger partial charge in [-0.05, 0) is 44.7 Å². The smallest absolute Gasteiger partial charge is 0.250 e. The first-order valence-corrected chi connectivity index (χ1v) is 10.5. The van der Waals surface area contributed by atoms with E-state index in [0.717, 1.165) is 58.8 Å². The number of amides is 1. The molecule has 0 saturated heterocycles. The van der Waals surface area contributed by atoms with Gasteiger partial charge in [-0.3, -0.25) is 9.79 Å². The van der Waals surface area contributed by atoms with Gasteiger partial charge in [0.15, 0.2) is 5.17 Å². The lowest BCUT2D eigenvalue weighted by Crippen LogP contribution is -2.25. The summed E-state index contributed by atoms with van der Waals surface area (Å²) in [6.45, 7) is 5.23. The molecule has 1 aromatic carbocycles. The summed E-state index contributed by atoms with van der Waals surface area (Å²) in [4.78, 5) is 16.6. The van der Waals surface area contributed by atoms with Crippen LogP contribution in [0.25, 0.3) is 16.5 Å². The van der Waals surface area contributed by atoms with E-state index in [9.17, 15) is 4.79 Å². The molecule has 0 saturated carbocycles. The minimum absolute atomic E-state index is 0.155. The molecule has 1 N–H and O–H groups in total. The van der Waals surface area contributed by atoms with E-state index in [1.807, 2.05) is 19.9 Å². The van der Waals surface area contributed by atoms with Crippen LogP contribution in [-0.2, 0) is 17.6 Å². The number of allylic oxidation sites excluding steroid dienone is 1. The third-order valence-corrected chi connectivity index (χ3v) is 5.84. The van der Waals surface area contributed by atoms with Crippen molar-refractivity contribution in [1.29, 1.82) is 0 Å². The first-order chi connectivity index (χ1) is 13.2. The van der Waals surface area contributed by atoms with E-state index < -0.39 is 0 Å². The molecule has 1 aliphatic heterocycles. The highest BCUT2D eigenvalue weighted by atomic mass is 32.2. The Morgan fingerprint density at radius 1 is 1.37 bits per heavy atom. The molecule has 0 spiro atoms. The van der Waals surface area contributed by atoms with E-state index >= 15 is 0 Å². The highest BCUT2D eigenvalue weighted by Crippen LogP contribution is 2.38. The van der Waals surface area contributed by atoms with Crippen molar-refractivity contribution in [3.05, 3.63) is 35.1 Å². The van der Waals surface area contributed by atoms with Crippen LogP contribution in [0.1, 0.15) is 43.6 Å². The molecular weight excluding hydrogens is 360 g/mol. The normalized spacial score (nSPS) is 17.0. The summed E-state index contributed by atoms with van der Waals surface area (Å²) < 4.78 is 11.9. The molecule has 2 heterocycles. The molecule has 5 nitrogen and oxygen atoms in total. The SMILES string of the molecule is CCOc1cc2oc3c(c2cc1/C(C)=C/C(=O)NC1=NCCS1)CCCC3. The van der Waals surface area contributed by atoms with Gasteiger partial charge in [-0.15, -0.1) is 0 Å². The second-order valence-corrected chi connectivity index (χ2v) is 7.92. The number of nitrogens with one attached hydrogen (secondary N) is 1. The highest BCUT2D eigenvalue weighted by molar-refractivity contribution is 8.14. The third kappa shape index (κ3) is 3.76. The molecule has 27 heavy (non-hydrogen) atoms. The topological polar surface area (TPSA) is 63.8 Å². The van der Waals surface area contributed by atoms with Gasteiger partial charge >= 0.3 is 0 Å². The lowest BCUT2D eigenvalue weighted by molar-refractivity contribution is -0.115. The summed E-state index contributed by atoms with van der Waals surface area (Å²) in [5.74, 6) is 2.63. The molecule has 2 aromatic rings. The fourth-order valence-electron chi connectivity index (χ4n) is 3.70. The van der Waals surface area contributed by atoms with E-state index in [-0.39, 0.29) is 5.91 Å². The van der Waals surface area contributed by atoms with Crippen molar-refractivity contribution >= 4 is 39.4 Å². The van der Waals surface area contributed by atoms with Crippen LogP contribution in [0.5, 0.6) is 5.75 Å². The number of benzene rings is 1. The van der Waals surface area contributed by atoms with Crippen LogP contribution in [0, 0.1) is 0 Å². The molecule has 0 bridgehead atoms. The number of amidine groups is 1. The monoisotopic (exact) mass is 384 g/mol. The van der Waals surface area contributed by atoms with Gasteiger partial charge in [0.2, 0.25) is 5.91 Å². The molecule has 142 valence electrons. The largest absolute Gasteiger partial charge is 0.493 e. The molecule has 0 unspecified atom stereocenters. The minimum atomic E-state index is -0.155. The number of aliphatic imine (C=N–C) groups is 1. The third-order valence-electron chi connectivity index (χ3n) is 4.95. The van der Waals surface area contributed by atoms with Crippen molar-refractivity contribution < 1.29 is 13.9 Å². The van der Waals surface area contributed by atoms with Crippen molar-refractivity contribution in [3.8, 4) is 5.75 Å². The number of furan rings is 1. The predicted octanol–water partition coefficient (Wildman–Crippen LogP) is 4.33. The maximum atomic E-state index is 12.4. The maximum Gasteiger partial charge on any atom is 0.250 e. The zero-order valence-corrected chi connectivity index (χ0v) is 16.6. The molecule has 1 aliphatic carbocycles. The first-order valence-electron chi connectivity index (χ1n) is 9.53. The zero-order chi connectivity index (χ0) is 18.8. The van der Waals surface area contributed by atoms with Crippen molar-refractivity contribution in [1.82, 2.24) is 5.32 Å².